The zero-order chi connectivity index (χ0) is 12.8. The fourth-order valence-electron chi connectivity index (χ4n) is 1.26. The van der Waals surface area contributed by atoms with Crippen molar-refractivity contribution in [3.63, 3.8) is 0 Å². The average Bonchev–Trinajstić information content (AvgIpc) is 2.11. The van der Waals surface area contributed by atoms with Crippen molar-refractivity contribution in [3.8, 4) is 0 Å². The molecule has 16 heavy (non-hydrogen) atoms. The first-order chi connectivity index (χ1) is 7.26. The zero-order valence-corrected chi connectivity index (χ0v) is 11.4. The Morgan fingerprint density at radius 2 is 1.88 bits per heavy atom. The summed E-state index contributed by atoms with van der Waals surface area (Å²) >= 11 is 0. The van der Waals surface area contributed by atoms with Crippen LogP contribution in [0.15, 0.2) is 0 Å². The molecule has 0 aliphatic rings. The highest BCUT2D eigenvalue weighted by molar-refractivity contribution is 5.81. The lowest BCUT2D eigenvalue weighted by atomic mass is 10.1. The van der Waals surface area contributed by atoms with Crippen LogP contribution in [0.25, 0.3) is 0 Å². The summed E-state index contributed by atoms with van der Waals surface area (Å²) in [6, 6.07) is -0.192. The molecule has 2 unspecified atom stereocenters. The highest BCUT2D eigenvalue weighted by Gasteiger charge is 2.19. The van der Waals surface area contributed by atoms with Crippen LogP contribution in [0.4, 0.5) is 0 Å². The van der Waals surface area contributed by atoms with E-state index in [0.29, 0.717) is 13.2 Å². The van der Waals surface area contributed by atoms with Gasteiger partial charge in [0.1, 0.15) is 0 Å². The molecule has 0 aromatic rings. The summed E-state index contributed by atoms with van der Waals surface area (Å²) < 4.78 is 5.38. The van der Waals surface area contributed by atoms with Crippen LogP contribution in [0.5, 0.6) is 0 Å². The fourth-order valence-corrected chi connectivity index (χ4v) is 1.26. The van der Waals surface area contributed by atoms with E-state index < -0.39 is 0 Å². The Hall–Kier alpha value is -0.610. The highest BCUT2D eigenvalue weighted by Crippen LogP contribution is 1.99. The summed E-state index contributed by atoms with van der Waals surface area (Å²) in [5.74, 6) is 0.0243. The number of hydrogen-bond donors (Lipinski definition) is 2. The molecule has 0 saturated carbocycles. The first-order valence-corrected chi connectivity index (χ1v) is 5.93. The molecule has 96 valence electrons. The monoisotopic (exact) mass is 230 g/mol. The molecule has 0 fully saturated rings. The Morgan fingerprint density at radius 3 is 2.31 bits per heavy atom. The largest absolute Gasteiger partial charge is 0.377 e. The van der Waals surface area contributed by atoms with Crippen molar-refractivity contribution in [1.29, 1.82) is 0 Å². The van der Waals surface area contributed by atoms with Gasteiger partial charge in [0.15, 0.2) is 0 Å². The third-order valence-corrected chi connectivity index (χ3v) is 2.05. The van der Waals surface area contributed by atoms with Gasteiger partial charge in [0.2, 0.25) is 5.91 Å². The van der Waals surface area contributed by atoms with Crippen LogP contribution in [0.2, 0.25) is 0 Å². The summed E-state index contributed by atoms with van der Waals surface area (Å²) in [5.41, 5.74) is -0.182. The normalized spacial score (nSPS) is 15.6. The molecule has 4 heteroatoms. The Labute approximate surface area is 99.1 Å². The molecule has 1 amide bonds. The topological polar surface area (TPSA) is 50.4 Å². The van der Waals surface area contributed by atoms with Gasteiger partial charge in [0.25, 0.3) is 0 Å². The van der Waals surface area contributed by atoms with Crippen LogP contribution in [0, 0.1) is 0 Å². The minimum absolute atomic E-state index is 0.0243. The molecule has 0 aliphatic heterocycles. The summed E-state index contributed by atoms with van der Waals surface area (Å²) in [5, 5.41) is 6.08. The molecule has 0 aromatic heterocycles. The smallest absolute Gasteiger partial charge is 0.237 e. The maximum absolute atomic E-state index is 11.7. The molecule has 0 heterocycles. The first kappa shape index (κ1) is 15.4. The van der Waals surface area contributed by atoms with Gasteiger partial charge in [-0.1, -0.05) is 0 Å². The predicted molar refractivity (Wildman–Crippen MR) is 66.4 cm³/mol. The fraction of sp³-hybridized carbons (Fsp3) is 0.917. The molecule has 0 spiro atoms. The molecule has 0 rings (SSSR count). The summed E-state index contributed by atoms with van der Waals surface area (Å²) in [7, 11) is 0. The van der Waals surface area contributed by atoms with Crippen molar-refractivity contribution in [1.82, 2.24) is 10.6 Å². The first-order valence-electron chi connectivity index (χ1n) is 5.93. The van der Waals surface area contributed by atoms with Gasteiger partial charge in [-0.05, 0) is 41.5 Å². The summed E-state index contributed by atoms with van der Waals surface area (Å²) in [6.45, 7) is 13.1. The van der Waals surface area contributed by atoms with Gasteiger partial charge in [0.05, 0.1) is 12.1 Å². The number of nitrogens with one attached hydrogen (secondary N) is 2. The standard InChI is InChI=1S/C12H26N2O2/c1-7-16-9(2)8-13-10(3)11(15)14-12(4,5)6/h9-10,13H,7-8H2,1-6H3,(H,14,15). The van der Waals surface area contributed by atoms with Crippen LogP contribution >= 0.6 is 0 Å². The molecule has 2 atom stereocenters. The number of carbonyl (C=O) groups is 1. The minimum atomic E-state index is -0.192. The van der Waals surface area contributed by atoms with Crippen LogP contribution in [-0.2, 0) is 9.53 Å². The van der Waals surface area contributed by atoms with E-state index in [0.717, 1.165) is 0 Å². The lowest BCUT2D eigenvalue weighted by Crippen LogP contribution is -2.50. The van der Waals surface area contributed by atoms with Crippen LogP contribution in [0.1, 0.15) is 41.5 Å². The molecular weight excluding hydrogens is 204 g/mol. The van der Waals surface area contributed by atoms with Gasteiger partial charge in [-0.15, -0.1) is 0 Å². The van der Waals surface area contributed by atoms with E-state index in [1.54, 1.807) is 0 Å². The van der Waals surface area contributed by atoms with E-state index in [1.807, 2.05) is 41.5 Å². The Balaban J connectivity index is 3.88. The van der Waals surface area contributed by atoms with Gasteiger partial charge in [-0.3, -0.25) is 4.79 Å². The quantitative estimate of drug-likeness (QED) is 0.723. The van der Waals surface area contributed by atoms with Gasteiger partial charge >= 0.3 is 0 Å². The van der Waals surface area contributed by atoms with Crippen molar-refractivity contribution in [2.24, 2.45) is 0 Å². The zero-order valence-electron chi connectivity index (χ0n) is 11.4. The van der Waals surface area contributed by atoms with E-state index in [4.69, 9.17) is 4.74 Å². The van der Waals surface area contributed by atoms with Crippen molar-refractivity contribution in [2.75, 3.05) is 13.2 Å². The van der Waals surface area contributed by atoms with E-state index in [1.165, 1.54) is 0 Å². The van der Waals surface area contributed by atoms with Crippen LogP contribution in [0.3, 0.4) is 0 Å². The molecule has 4 nitrogen and oxygen atoms in total. The van der Waals surface area contributed by atoms with Crippen LogP contribution < -0.4 is 10.6 Å². The second-order valence-corrected chi connectivity index (χ2v) is 5.14. The minimum Gasteiger partial charge on any atom is -0.377 e. The molecule has 0 aromatic carbocycles. The molecule has 0 saturated heterocycles. The third-order valence-electron chi connectivity index (χ3n) is 2.05. The molecule has 0 aliphatic carbocycles. The summed E-state index contributed by atoms with van der Waals surface area (Å²) in [4.78, 5) is 11.7. The molecular formula is C12H26N2O2. The van der Waals surface area contributed by atoms with Crippen molar-refractivity contribution in [3.05, 3.63) is 0 Å². The van der Waals surface area contributed by atoms with Crippen LogP contribution in [-0.4, -0.2) is 36.7 Å². The number of hydrogen-bond acceptors (Lipinski definition) is 3. The lowest BCUT2D eigenvalue weighted by Gasteiger charge is -2.24. The molecule has 2 N–H and O–H groups in total. The van der Waals surface area contributed by atoms with Gasteiger partial charge in [-0.2, -0.15) is 0 Å². The average molecular weight is 230 g/mol. The van der Waals surface area contributed by atoms with E-state index in [-0.39, 0.29) is 23.6 Å². The predicted octanol–water partition coefficient (Wildman–Crippen LogP) is 1.30. The van der Waals surface area contributed by atoms with Gasteiger partial charge < -0.3 is 15.4 Å². The number of rotatable bonds is 6. The van der Waals surface area contributed by atoms with Crippen molar-refractivity contribution >= 4 is 5.91 Å². The van der Waals surface area contributed by atoms with E-state index >= 15 is 0 Å². The third kappa shape index (κ3) is 7.65. The van der Waals surface area contributed by atoms with E-state index in [9.17, 15) is 4.79 Å². The Morgan fingerprint density at radius 1 is 1.31 bits per heavy atom. The number of ether oxygens (including phenoxy) is 1. The molecule has 0 bridgehead atoms. The Bertz CT molecular complexity index is 212. The second-order valence-electron chi connectivity index (χ2n) is 5.14. The van der Waals surface area contributed by atoms with Gasteiger partial charge in [0, 0.05) is 18.7 Å². The SMILES string of the molecule is CCOC(C)CNC(C)C(=O)NC(C)(C)C. The molecule has 0 radical (unpaired) electrons. The number of amides is 1. The second kappa shape index (κ2) is 6.86. The number of carbonyl (C=O) groups excluding carboxylic acids is 1. The Kier molecular flexibility index (Phi) is 6.60. The van der Waals surface area contributed by atoms with Crippen molar-refractivity contribution in [2.45, 2.75) is 59.2 Å². The highest BCUT2D eigenvalue weighted by atomic mass is 16.5. The maximum atomic E-state index is 11.7. The lowest BCUT2D eigenvalue weighted by molar-refractivity contribution is -0.124. The van der Waals surface area contributed by atoms with Gasteiger partial charge in [-0.25, -0.2) is 0 Å². The van der Waals surface area contributed by atoms with E-state index in [2.05, 4.69) is 10.6 Å². The maximum Gasteiger partial charge on any atom is 0.237 e. The summed E-state index contributed by atoms with van der Waals surface area (Å²) in [6.07, 6.45) is 0.134. The van der Waals surface area contributed by atoms with Crippen molar-refractivity contribution < 1.29 is 9.53 Å².